The molecule has 0 bridgehead atoms. The minimum absolute atomic E-state index is 0.102. The van der Waals surface area contributed by atoms with Crippen LogP contribution in [0.15, 0.2) is 54.7 Å². The quantitative estimate of drug-likeness (QED) is 0.650. The summed E-state index contributed by atoms with van der Waals surface area (Å²) in [6, 6.07) is 16.3. The lowest BCUT2D eigenvalue weighted by Gasteiger charge is -2.26. The minimum Gasteiger partial charge on any atom is -0.321 e. The molecule has 28 heavy (non-hydrogen) atoms. The van der Waals surface area contributed by atoms with Crippen molar-refractivity contribution in [3.8, 4) is 10.6 Å². The number of anilines is 1. The van der Waals surface area contributed by atoms with Crippen molar-refractivity contribution in [2.75, 3.05) is 29.9 Å². The normalized spacial score (nSPS) is 14.8. The highest BCUT2D eigenvalue weighted by molar-refractivity contribution is 7.99. The Morgan fingerprint density at radius 1 is 1.14 bits per heavy atom. The van der Waals surface area contributed by atoms with Gasteiger partial charge in [0.1, 0.15) is 9.88 Å². The molecule has 0 radical (unpaired) electrons. The van der Waals surface area contributed by atoms with Crippen LogP contribution in [0, 0.1) is 6.92 Å². The van der Waals surface area contributed by atoms with Crippen LogP contribution in [-0.2, 0) is 6.54 Å². The highest BCUT2D eigenvalue weighted by Gasteiger charge is 2.15. The summed E-state index contributed by atoms with van der Waals surface area (Å²) in [6.45, 7) is 5.22. The van der Waals surface area contributed by atoms with Gasteiger partial charge in [-0.05, 0) is 24.1 Å². The molecule has 0 atom stereocenters. The van der Waals surface area contributed by atoms with E-state index in [0.717, 1.165) is 41.5 Å². The van der Waals surface area contributed by atoms with Gasteiger partial charge in [0, 0.05) is 42.4 Å². The first kappa shape index (κ1) is 19.2. The minimum atomic E-state index is -0.102. The Kier molecular flexibility index (Phi) is 6.10. The third-order valence-electron chi connectivity index (χ3n) is 4.81. The van der Waals surface area contributed by atoms with Crippen molar-refractivity contribution in [1.29, 1.82) is 0 Å². The molecular formula is C22H23N3OS2. The van der Waals surface area contributed by atoms with Crippen LogP contribution < -0.4 is 5.32 Å². The van der Waals surface area contributed by atoms with E-state index in [1.165, 1.54) is 28.4 Å². The van der Waals surface area contributed by atoms with E-state index in [4.69, 9.17) is 0 Å². The molecule has 144 valence electrons. The van der Waals surface area contributed by atoms with Crippen molar-refractivity contribution in [3.63, 3.8) is 0 Å². The number of thiazole rings is 1. The molecule has 4 rings (SSSR count). The number of nitrogens with zero attached hydrogens (tertiary/aromatic N) is 2. The van der Waals surface area contributed by atoms with Gasteiger partial charge in [0.05, 0.1) is 6.20 Å². The first-order chi connectivity index (χ1) is 13.7. The number of nitrogens with one attached hydrogen (secondary N) is 1. The van der Waals surface area contributed by atoms with Crippen LogP contribution in [0.1, 0.15) is 20.8 Å². The number of aromatic nitrogens is 1. The van der Waals surface area contributed by atoms with E-state index >= 15 is 0 Å². The number of carbonyl (C=O) groups is 1. The number of aryl methyl sites for hydroxylation is 1. The summed E-state index contributed by atoms with van der Waals surface area (Å²) >= 11 is 3.44. The van der Waals surface area contributed by atoms with Crippen LogP contribution in [-0.4, -0.2) is 40.4 Å². The Hall–Kier alpha value is -2.15. The molecular weight excluding hydrogens is 386 g/mol. The average Bonchev–Trinajstić information content (AvgIpc) is 3.22. The number of thioether (sulfide) groups is 1. The fourth-order valence-corrected chi connectivity index (χ4v) is 4.99. The van der Waals surface area contributed by atoms with Crippen molar-refractivity contribution in [2.45, 2.75) is 13.5 Å². The van der Waals surface area contributed by atoms with E-state index in [1.54, 1.807) is 6.20 Å². The van der Waals surface area contributed by atoms with Gasteiger partial charge in [-0.25, -0.2) is 4.98 Å². The standard InChI is InChI=1S/C22H23N3OS2/c1-16-7-8-17(15-25-9-11-27-12-10-25)13-19(16)24-21(26)20-14-23-22(28-20)18-5-3-2-4-6-18/h2-8,13-14H,9-12,15H2,1H3,(H,24,26). The molecule has 1 N–H and O–H groups in total. The molecule has 4 nitrogen and oxygen atoms in total. The van der Waals surface area contributed by atoms with Crippen LogP contribution in [0.4, 0.5) is 5.69 Å². The van der Waals surface area contributed by atoms with Gasteiger partial charge in [-0.2, -0.15) is 11.8 Å². The maximum Gasteiger partial charge on any atom is 0.267 e. The van der Waals surface area contributed by atoms with Crippen molar-refractivity contribution < 1.29 is 4.79 Å². The summed E-state index contributed by atoms with van der Waals surface area (Å²) in [4.78, 5) is 20.3. The maximum atomic E-state index is 12.8. The van der Waals surface area contributed by atoms with Gasteiger partial charge < -0.3 is 5.32 Å². The smallest absolute Gasteiger partial charge is 0.267 e. The molecule has 1 aliphatic heterocycles. The molecule has 0 spiro atoms. The Morgan fingerprint density at radius 3 is 2.71 bits per heavy atom. The predicted octanol–water partition coefficient (Wildman–Crippen LogP) is 4.92. The monoisotopic (exact) mass is 409 g/mol. The molecule has 0 saturated carbocycles. The molecule has 1 aliphatic rings. The van der Waals surface area contributed by atoms with Crippen LogP contribution in [0.2, 0.25) is 0 Å². The van der Waals surface area contributed by atoms with Gasteiger partial charge in [0.15, 0.2) is 0 Å². The summed E-state index contributed by atoms with van der Waals surface area (Å²) in [6.07, 6.45) is 1.66. The average molecular weight is 410 g/mol. The largest absolute Gasteiger partial charge is 0.321 e. The third-order valence-corrected chi connectivity index (χ3v) is 6.80. The Morgan fingerprint density at radius 2 is 1.93 bits per heavy atom. The number of amides is 1. The number of hydrogen-bond donors (Lipinski definition) is 1. The molecule has 1 fully saturated rings. The second kappa shape index (κ2) is 8.90. The number of rotatable bonds is 5. The van der Waals surface area contributed by atoms with E-state index in [1.807, 2.05) is 49.0 Å². The zero-order valence-electron chi connectivity index (χ0n) is 15.9. The van der Waals surface area contributed by atoms with Crippen LogP contribution in [0.5, 0.6) is 0 Å². The van der Waals surface area contributed by atoms with E-state index in [-0.39, 0.29) is 5.91 Å². The van der Waals surface area contributed by atoms with Gasteiger partial charge in [-0.1, -0.05) is 42.5 Å². The zero-order valence-corrected chi connectivity index (χ0v) is 17.5. The maximum absolute atomic E-state index is 12.8. The second-order valence-corrected chi connectivity index (χ2v) is 9.14. The topological polar surface area (TPSA) is 45.2 Å². The lowest BCUT2D eigenvalue weighted by molar-refractivity contribution is 0.103. The molecule has 3 aromatic rings. The number of carbonyl (C=O) groups excluding carboxylic acids is 1. The molecule has 1 aromatic heterocycles. The molecule has 0 unspecified atom stereocenters. The van der Waals surface area contributed by atoms with Crippen LogP contribution >= 0.6 is 23.1 Å². The summed E-state index contributed by atoms with van der Waals surface area (Å²) in [5.74, 6) is 2.30. The van der Waals surface area contributed by atoms with Crippen molar-refractivity contribution in [1.82, 2.24) is 9.88 Å². The van der Waals surface area contributed by atoms with E-state index in [9.17, 15) is 4.79 Å². The van der Waals surface area contributed by atoms with Crippen molar-refractivity contribution >= 4 is 34.7 Å². The zero-order chi connectivity index (χ0) is 19.3. The summed E-state index contributed by atoms with van der Waals surface area (Å²) < 4.78 is 0. The van der Waals surface area contributed by atoms with Crippen molar-refractivity contribution in [2.24, 2.45) is 0 Å². The lowest BCUT2D eigenvalue weighted by Crippen LogP contribution is -2.32. The highest BCUT2D eigenvalue weighted by Crippen LogP contribution is 2.26. The molecule has 2 heterocycles. The molecule has 6 heteroatoms. The fraction of sp³-hybridized carbons (Fsp3) is 0.273. The first-order valence-corrected chi connectivity index (χ1v) is 11.4. The van der Waals surface area contributed by atoms with E-state index < -0.39 is 0 Å². The van der Waals surface area contributed by atoms with Gasteiger partial charge >= 0.3 is 0 Å². The summed E-state index contributed by atoms with van der Waals surface area (Å²) in [5, 5.41) is 3.94. The molecule has 1 amide bonds. The van der Waals surface area contributed by atoms with Gasteiger partial charge in [-0.15, -0.1) is 11.3 Å². The first-order valence-electron chi connectivity index (χ1n) is 9.41. The molecule has 2 aromatic carbocycles. The van der Waals surface area contributed by atoms with Gasteiger partial charge in [0.2, 0.25) is 0 Å². The van der Waals surface area contributed by atoms with Crippen LogP contribution in [0.25, 0.3) is 10.6 Å². The predicted molar refractivity (Wildman–Crippen MR) is 119 cm³/mol. The molecule has 0 aliphatic carbocycles. The Bertz CT molecular complexity index is 949. The van der Waals surface area contributed by atoms with E-state index in [2.05, 4.69) is 33.4 Å². The fourth-order valence-electron chi connectivity index (χ4n) is 3.20. The van der Waals surface area contributed by atoms with E-state index in [0.29, 0.717) is 4.88 Å². The summed E-state index contributed by atoms with van der Waals surface area (Å²) in [7, 11) is 0. The number of benzene rings is 2. The lowest BCUT2D eigenvalue weighted by atomic mass is 10.1. The Labute approximate surface area is 174 Å². The second-order valence-electron chi connectivity index (χ2n) is 6.89. The Balaban J connectivity index is 1.46. The highest BCUT2D eigenvalue weighted by atomic mass is 32.2. The van der Waals surface area contributed by atoms with Gasteiger partial charge in [-0.3, -0.25) is 9.69 Å². The molecule has 1 saturated heterocycles. The van der Waals surface area contributed by atoms with Gasteiger partial charge in [0.25, 0.3) is 5.91 Å². The third kappa shape index (κ3) is 4.63. The van der Waals surface area contributed by atoms with Crippen LogP contribution in [0.3, 0.4) is 0 Å². The summed E-state index contributed by atoms with van der Waals surface area (Å²) in [5.41, 5.74) is 4.22. The SMILES string of the molecule is Cc1ccc(CN2CCSCC2)cc1NC(=O)c1cnc(-c2ccccc2)s1. The van der Waals surface area contributed by atoms with Crippen molar-refractivity contribution in [3.05, 3.63) is 70.7 Å². The number of hydrogen-bond acceptors (Lipinski definition) is 5.